The fourth-order valence-electron chi connectivity index (χ4n) is 1.44. The normalized spacial score (nSPS) is 10.4. The maximum absolute atomic E-state index is 6.07. The Labute approximate surface area is 99.3 Å². The predicted molar refractivity (Wildman–Crippen MR) is 65.2 cm³/mol. The summed E-state index contributed by atoms with van der Waals surface area (Å²) < 4.78 is 0. The highest BCUT2D eigenvalue weighted by Crippen LogP contribution is 2.24. The van der Waals surface area contributed by atoms with Crippen LogP contribution in [0.4, 0.5) is 0 Å². The van der Waals surface area contributed by atoms with Crippen molar-refractivity contribution in [2.24, 2.45) is 5.73 Å². The first kappa shape index (κ1) is 11.0. The molecule has 0 bridgehead atoms. The van der Waals surface area contributed by atoms with Gasteiger partial charge in [-0.25, -0.2) is 0 Å². The lowest BCUT2D eigenvalue weighted by atomic mass is 10.1. The first-order chi connectivity index (χ1) is 7.81. The van der Waals surface area contributed by atoms with Crippen molar-refractivity contribution in [3.63, 3.8) is 0 Å². The van der Waals surface area contributed by atoms with E-state index in [4.69, 9.17) is 17.3 Å². The molecule has 0 atom stereocenters. The van der Waals surface area contributed by atoms with Gasteiger partial charge < -0.3 is 5.73 Å². The molecule has 0 aliphatic rings. The summed E-state index contributed by atoms with van der Waals surface area (Å²) in [5.74, 6) is 0. The van der Waals surface area contributed by atoms with Crippen molar-refractivity contribution in [3.8, 4) is 11.3 Å². The molecule has 82 valence electrons. The summed E-state index contributed by atoms with van der Waals surface area (Å²) in [5.41, 5.74) is 8.03. The predicted octanol–water partition coefficient (Wildman–Crippen LogP) is 2.30. The third-order valence-electron chi connectivity index (χ3n) is 2.26. The van der Waals surface area contributed by atoms with E-state index in [9.17, 15) is 0 Å². The highest BCUT2D eigenvalue weighted by molar-refractivity contribution is 6.33. The second-order valence-electron chi connectivity index (χ2n) is 3.41. The molecule has 0 aliphatic carbocycles. The number of halogens is 1. The summed E-state index contributed by atoms with van der Waals surface area (Å²) in [6, 6.07) is 7.58. The van der Waals surface area contributed by atoms with Crippen LogP contribution in [0.1, 0.15) is 5.69 Å². The first-order valence-corrected chi connectivity index (χ1v) is 5.45. The number of nitrogens with two attached hydrogens (primary N) is 1. The topological polar surface area (TPSA) is 51.8 Å². The van der Waals surface area contributed by atoms with Crippen LogP contribution in [-0.4, -0.2) is 16.5 Å². The van der Waals surface area contributed by atoms with E-state index in [1.165, 1.54) is 0 Å². The standard InChI is InChI=1S/C12H12ClN3/c13-11-4-2-1-3-10(11)12-8-15-9(5-6-14)7-16-12/h1-4,7-8H,5-6,14H2. The molecule has 16 heavy (non-hydrogen) atoms. The average Bonchev–Trinajstić information content (AvgIpc) is 2.31. The molecule has 2 aromatic rings. The number of rotatable bonds is 3. The van der Waals surface area contributed by atoms with Gasteiger partial charge in [-0.05, 0) is 12.6 Å². The zero-order valence-corrected chi connectivity index (χ0v) is 9.48. The van der Waals surface area contributed by atoms with Gasteiger partial charge in [0.05, 0.1) is 22.6 Å². The van der Waals surface area contributed by atoms with E-state index in [0.717, 1.165) is 23.4 Å². The Kier molecular flexibility index (Phi) is 3.49. The quantitative estimate of drug-likeness (QED) is 0.885. The van der Waals surface area contributed by atoms with Crippen molar-refractivity contribution in [2.75, 3.05) is 6.54 Å². The molecule has 2 rings (SSSR count). The van der Waals surface area contributed by atoms with E-state index >= 15 is 0 Å². The third kappa shape index (κ3) is 2.38. The molecule has 4 heteroatoms. The van der Waals surface area contributed by atoms with Crippen LogP contribution >= 0.6 is 11.6 Å². The zero-order chi connectivity index (χ0) is 11.4. The van der Waals surface area contributed by atoms with Crippen LogP contribution in [0.15, 0.2) is 36.7 Å². The van der Waals surface area contributed by atoms with Crippen molar-refractivity contribution < 1.29 is 0 Å². The Morgan fingerprint density at radius 2 is 1.94 bits per heavy atom. The van der Waals surface area contributed by atoms with Gasteiger partial charge >= 0.3 is 0 Å². The zero-order valence-electron chi connectivity index (χ0n) is 8.73. The van der Waals surface area contributed by atoms with Crippen LogP contribution in [0.25, 0.3) is 11.3 Å². The van der Waals surface area contributed by atoms with Gasteiger partial charge in [0.25, 0.3) is 0 Å². The van der Waals surface area contributed by atoms with Gasteiger partial charge in [0, 0.05) is 18.2 Å². The Hall–Kier alpha value is -1.45. The van der Waals surface area contributed by atoms with Gasteiger partial charge in [0.2, 0.25) is 0 Å². The largest absolute Gasteiger partial charge is 0.330 e. The Balaban J connectivity index is 2.31. The number of hydrogen-bond donors (Lipinski definition) is 1. The van der Waals surface area contributed by atoms with Gasteiger partial charge in [0.1, 0.15) is 0 Å². The van der Waals surface area contributed by atoms with E-state index in [2.05, 4.69) is 9.97 Å². The van der Waals surface area contributed by atoms with Gasteiger partial charge in [0.15, 0.2) is 0 Å². The van der Waals surface area contributed by atoms with Crippen molar-refractivity contribution in [1.29, 1.82) is 0 Å². The lowest BCUT2D eigenvalue weighted by Crippen LogP contribution is -2.04. The summed E-state index contributed by atoms with van der Waals surface area (Å²) in [4.78, 5) is 8.61. The second-order valence-corrected chi connectivity index (χ2v) is 3.82. The fraction of sp³-hybridized carbons (Fsp3) is 0.167. The summed E-state index contributed by atoms with van der Waals surface area (Å²) >= 11 is 6.07. The minimum atomic E-state index is 0.583. The van der Waals surface area contributed by atoms with Gasteiger partial charge in [-0.3, -0.25) is 9.97 Å². The highest BCUT2D eigenvalue weighted by atomic mass is 35.5. The van der Waals surface area contributed by atoms with Gasteiger partial charge in [-0.1, -0.05) is 29.8 Å². The van der Waals surface area contributed by atoms with Gasteiger partial charge in [-0.2, -0.15) is 0 Å². The lowest BCUT2D eigenvalue weighted by Gasteiger charge is -2.03. The van der Waals surface area contributed by atoms with Gasteiger partial charge in [-0.15, -0.1) is 0 Å². The minimum Gasteiger partial charge on any atom is -0.330 e. The van der Waals surface area contributed by atoms with Crippen LogP contribution in [0, 0.1) is 0 Å². The minimum absolute atomic E-state index is 0.583. The summed E-state index contributed by atoms with van der Waals surface area (Å²) in [6.45, 7) is 0.583. The van der Waals surface area contributed by atoms with Crippen molar-refractivity contribution >= 4 is 11.6 Å². The number of nitrogens with zero attached hydrogens (tertiary/aromatic N) is 2. The van der Waals surface area contributed by atoms with Crippen molar-refractivity contribution in [3.05, 3.63) is 47.4 Å². The average molecular weight is 234 g/mol. The molecule has 1 heterocycles. The Morgan fingerprint density at radius 3 is 2.56 bits per heavy atom. The summed E-state index contributed by atoms with van der Waals surface area (Å²) in [5, 5.41) is 0.684. The highest BCUT2D eigenvalue weighted by Gasteiger charge is 2.04. The van der Waals surface area contributed by atoms with Crippen molar-refractivity contribution in [2.45, 2.75) is 6.42 Å². The molecule has 2 N–H and O–H groups in total. The molecular weight excluding hydrogens is 222 g/mol. The van der Waals surface area contributed by atoms with Crippen LogP contribution in [0.2, 0.25) is 5.02 Å². The lowest BCUT2D eigenvalue weighted by molar-refractivity contribution is 0.909. The molecule has 1 aromatic heterocycles. The number of hydrogen-bond acceptors (Lipinski definition) is 3. The van der Waals surface area contributed by atoms with E-state index in [1.807, 2.05) is 24.3 Å². The third-order valence-corrected chi connectivity index (χ3v) is 2.59. The monoisotopic (exact) mass is 233 g/mol. The summed E-state index contributed by atoms with van der Waals surface area (Å²) in [6.07, 6.45) is 4.22. The fourth-order valence-corrected chi connectivity index (χ4v) is 1.67. The molecular formula is C12H12ClN3. The molecule has 1 aromatic carbocycles. The number of benzene rings is 1. The Morgan fingerprint density at radius 1 is 1.12 bits per heavy atom. The van der Waals surface area contributed by atoms with E-state index in [0.29, 0.717) is 11.6 Å². The molecule has 0 unspecified atom stereocenters. The van der Waals surface area contributed by atoms with Crippen LogP contribution < -0.4 is 5.73 Å². The maximum atomic E-state index is 6.07. The molecule has 0 amide bonds. The maximum Gasteiger partial charge on any atom is 0.0900 e. The van der Waals surface area contributed by atoms with Crippen LogP contribution in [-0.2, 0) is 6.42 Å². The van der Waals surface area contributed by atoms with E-state index < -0.39 is 0 Å². The van der Waals surface area contributed by atoms with Crippen LogP contribution in [0.5, 0.6) is 0 Å². The molecule has 3 nitrogen and oxygen atoms in total. The SMILES string of the molecule is NCCc1cnc(-c2ccccc2Cl)cn1. The van der Waals surface area contributed by atoms with E-state index in [-0.39, 0.29) is 0 Å². The molecule has 0 saturated carbocycles. The molecule has 0 fully saturated rings. The first-order valence-electron chi connectivity index (χ1n) is 5.07. The Bertz CT molecular complexity index is 468. The smallest absolute Gasteiger partial charge is 0.0900 e. The van der Waals surface area contributed by atoms with Crippen LogP contribution in [0.3, 0.4) is 0 Å². The summed E-state index contributed by atoms with van der Waals surface area (Å²) in [7, 11) is 0. The van der Waals surface area contributed by atoms with Crippen molar-refractivity contribution in [1.82, 2.24) is 9.97 Å². The molecule has 0 spiro atoms. The molecule has 0 aliphatic heterocycles. The molecule has 0 saturated heterocycles. The molecule has 0 radical (unpaired) electrons. The van der Waals surface area contributed by atoms with E-state index in [1.54, 1.807) is 12.4 Å². The number of aromatic nitrogens is 2. The second kappa shape index (κ2) is 5.05.